The molecular formula is C18H17Cl3IN3OS. The van der Waals surface area contributed by atoms with Crippen molar-refractivity contribution in [1.82, 2.24) is 10.6 Å². The summed E-state index contributed by atoms with van der Waals surface area (Å²) in [5.74, 6) is -0.385. The van der Waals surface area contributed by atoms with Crippen LogP contribution in [0.1, 0.15) is 21.5 Å². The van der Waals surface area contributed by atoms with Crippen LogP contribution >= 0.6 is 69.6 Å². The van der Waals surface area contributed by atoms with Crippen LogP contribution in [0.15, 0.2) is 42.5 Å². The van der Waals surface area contributed by atoms with Crippen molar-refractivity contribution in [2.75, 3.05) is 5.32 Å². The summed E-state index contributed by atoms with van der Waals surface area (Å²) in [6.45, 7) is 4.02. The van der Waals surface area contributed by atoms with E-state index < -0.39 is 9.96 Å². The van der Waals surface area contributed by atoms with E-state index in [4.69, 9.17) is 47.0 Å². The number of alkyl halides is 3. The Balaban J connectivity index is 2.07. The molecule has 144 valence electrons. The van der Waals surface area contributed by atoms with Crippen molar-refractivity contribution in [3.8, 4) is 0 Å². The molecule has 0 aliphatic heterocycles. The Bertz CT molecular complexity index is 841. The van der Waals surface area contributed by atoms with Gasteiger partial charge in [0.2, 0.25) is 3.79 Å². The minimum Gasteiger partial charge on any atom is -0.339 e. The van der Waals surface area contributed by atoms with Crippen molar-refractivity contribution in [3.63, 3.8) is 0 Å². The van der Waals surface area contributed by atoms with Crippen LogP contribution in [0.3, 0.4) is 0 Å². The number of hydrogen-bond donors (Lipinski definition) is 3. The Morgan fingerprint density at radius 1 is 1.04 bits per heavy atom. The average Bonchev–Trinajstić information content (AvgIpc) is 2.57. The van der Waals surface area contributed by atoms with E-state index in [9.17, 15) is 4.79 Å². The number of thiocarbonyl (C=S) groups is 1. The molecule has 0 aliphatic carbocycles. The zero-order valence-electron chi connectivity index (χ0n) is 14.4. The van der Waals surface area contributed by atoms with Crippen molar-refractivity contribution in [3.05, 3.63) is 62.7 Å². The molecule has 0 aliphatic rings. The van der Waals surface area contributed by atoms with E-state index in [1.165, 1.54) is 5.56 Å². The van der Waals surface area contributed by atoms with Crippen molar-refractivity contribution >= 4 is 86.3 Å². The highest BCUT2D eigenvalue weighted by atomic mass is 127. The number of carbonyl (C=O) groups is 1. The van der Waals surface area contributed by atoms with Crippen LogP contribution in [0.25, 0.3) is 0 Å². The van der Waals surface area contributed by atoms with Crippen LogP contribution in [0.4, 0.5) is 5.69 Å². The normalized spacial score (nSPS) is 12.2. The minimum absolute atomic E-state index is 0.220. The van der Waals surface area contributed by atoms with Crippen molar-refractivity contribution in [1.29, 1.82) is 0 Å². The molecule has 0 heterocycles. The molecule has 2 aromatic carbocycles. The summed E-state index contributed by atoms with van der Waals surface area (Å²) in [4.78, 5) is 12.4. The monoisotopic (exact) mass is 555 g/mol. The molecule has 2 aromatic rings. The van der Waals surface area contributed by atoms with Crippen LogP contribution in [0, 0.1) is 17.4 Å². The predicted molar refractivity (Wildman–Crippen MR) is 126 cm³/mol. The second-order valence-corrected chi connectivity index (χ2v) is 9.88. The predicted octanol–water partition coefficient (Wildman–Crippen LogP) is 5.32. The second kappa shape index (κ2) is 9.60. The van der Waals surface area contributed by atoms with Crippen LogP contribution in [-0.2, 0) is 0 Å². The van der Waals surface area contributed by atoms with Gasteiger partial charge in [0, 0.05) is 14.8 Å². The molecule has 0 saturated carbocycles. The summed E-state index contributed by atoms with van der Waals surface area (Å²) in [5.41, 5.74) is 3.53. The number of carbonyl (C=O) groups excluding carboxylic acids is 1. The van der Waals surface area contributed by atoms with Gasteiger partial charge in [0.25, 0.3) is 5.91 Å². The van der Waals surface area contributed by atoms with E-state index >= 15 is 0 Å². The van der Waals surface area contributed by atoms with Gasteiger partial charge in [0.05, 0.1) is 0 Å². The molecule has 0 bridgehead atoms. The molecular weight excluding hydrogens is 540 g/mol. The third-order valence-corrected chi connectivity index (χ3v) is 5.34. The number of rotatable bonds is 4. The summed E-state index contributed by atoms with van der Waals surface area (Å²) in [7, 11) is 0. The Kier molecular flexibility index (Phi) is 8.00. The van der Waals surface area contributed by atoms with Crippen molar-refractivity contribution in [2.24, 2.45) is 0 Å². The molecule has 0 aromatic heterocycles. The topological polar surface area (TPSA) is 53.2 Å². The maximum absolute atomic E-state index is 12.4. The maximum atomic E-state index is 12.4. The van der Waals surface area contributed by atoms with E-state index in [0.29, 0.717) is 5.56 Å². The molecule has 27 heavy (non-hydrogen) atoms. The second-order valence-electron chi connectivity index (χ2n) is 5.85. The van der Waals surface area contributed by atoms with E-state index in [2.05, 4.69) is 38.5 Å². The molecule has 4 nitrogen and oxygen atoms in total. The quantitative estimate of drug-likeness (QED) is 0.207. The van der Waals surface area contributed by atoms with Gasteiger partial charge in [-0.15, -0.1) is 0 Å². The minimum atomic E-state index is -1.81. The Morgan fingerprint density at radius 3 is 2.22 bits per heavy atom. The smallest absolute Gasteiger partial charge is 0.252 e. The third kappa shape index (κ3) is 6.94. The molecule has 9 heteroatoms. The van der Waals surface area contributed by atoms with Gasteiger partial charge in [0.1, 0.15) is 6.17 Å². The number of halogens is 4. The highest BCUT2D eigenvalue weighted by molar-refractivity contribution is 14.1. The van der Waals surface area contributed by atoms with Gasteiger partial charge in [-0.05, 0) is 96.2 Å². The van der Waals surface area contributed by atoms with Gasteiger partial charge in [-0.3, -0.25) is 4.79 Å². The molecule has 0 fully saturated rings. The fraction of sp³-hybridized carbons (Fsp3) is 0.222. The van der Waals surface area contributed by atoms with Gasteiger partial charge in [-0.2, -0.15) is 0 Å². The van der Waals surface area contributed by atoms with Gasteiger partial charge < -0.3 is 16.0 Å². The highest BCUT2D eigenvalue weighted by Gasteiger charge is 2.34. The number of hydrogen-bond acceptors (Lipinski definition) is 2. The number of aryl methyl sites for hydroxylation is 2. The molecule has 2 rings (SSSR count). The van der Waals surface area contributed by atoms with Gasteiger partial charge in [-0.1, -0.05) is 40.9 Å². The average molecular weight is 557 g/mol. The van der Waals surface area contributed by atoms with Gasteiger partial charge in [0.15, 0.2) is 5.11 Å². The van der Waals surface area contributed by atoms with Crippen molar-refractivity contribution < 1.29 is 4.79 Å². The number of amides is 1. The summed E-state index contributed by atoms with van der Waals surface area (Å²) >= 11 is 25.5. The maximum Gasteiger partial charge on any atom is 0.252 e. The lowest BCUT2D eigenvalue weighted by atomic mass is 10.1. The van der Waals surface area contributed by atoms with Crippen LogP contribution in [0.2, 0.25) is 0 Å². The lowest BCUT2D eigenvalue weighted by molar-refractivity contribution is 0.0934. The van der Waals surface area contributed by atoms with Crippen LogP contribution in [-0.4, -0.2) is 21.0 Å². The van der Waals surface area contributed by atoms with Crippen molar-refractivity contribution in [2.45, 2.75) is 23.8 Å². The number of nitrogens with one attached hydrogen (secondary N) is 3. The SMILES string of the molecule is Cc1ccc(NC(=S)NC(NC(=O)c2ccc(I)cc2)C(Cl)(Cl)Cl)cc1C. The summed E-state index contributed by atoms with van der Waals surface area (Å²) in [5, 5.41) is 8.74. The Labute approximate surface area is 192 Å². The fourth-order valence-electron chi connectivity index (χ4n) is 2.13. The fourth-order valence-corrected chi connectivity index (χ4v) is 3.06. The number of anilines is 1. The van der Waals surface area contributed by atoms with E-state index in [1.54, 1.807) is 12.1 Å². The zero-order valence-corrected chi connectivity index (χ0v) is 19.7. The summed E-state index contributed by atoms with van der Waals surface area (Å²) < 4.78 is -0.799. The van der Waals surface area contributed by atoms with Crippen LogP contribution < -0.4 is 16.0 Å². The number of benzene rings is 2. The third-order valence-electron chi connectivity index (χ3n) is 3.75. The first-order valence-electron chi connectivity index (χ1n) is 7.84. The van der Waals surface area contributed by atoms with Gasteiger partial charge in [-0.25, -0.2) is 0 Å². The Morgan fingerprint density at radius 2 is 1.67 bits per heavy atom. The molecule has 1 atom stereocenters. The lowest BCUT2D eigenvalue weighted by Crippen LogP contribution is -2.56. The first kappa shape index (κ1) is 22.5. The van der Waals surface area contributed by atoms with Gasteiger partial charge >= 0.3 is 0 Å². The van der Waals surface area contributed by atoms with E-state index in [1.807, 2.05) is 44.2 Å². The Hall–Kier alpha value is -0.800. The molecule has 0 radical (unpaired) electrons. The molecule has 3 N–H and O–H groups in total. The lowest BCUT2D eigenvalue weighted by Gasteiger charge is -2.28. The largest absolute Gasteiger partial charge is 0.339 e. The molecule has 0 saturated heterocycles. The molecule has 1 unspecified atom stereocenters. The van der Waals surface area contributed by atoms with E-state index in [0.717, 1.165) is 14.8 Å². The molecule has 1 amide bonds. The van der Waals surface area contributed by atoms with E-state index in [-0.39, 0.29) is 11.0 Å². The molecule has 0 spiro atoms. The standard InChI is InChI=1S/C18H17Cl3IN3OS/c1-10-3-8-14(9-11(10)2)23-17(27)25-16(18(19,20)21)24-15(26)12-4-6-13(22)7-5-12/h3-9,16H,1-2H3,(H,24,26)(H2,23,25,27). The van der Waals surface area contributed by atoms with Crippen LogP contribution in [0.5, 0.6) is 0 Å². The zero-order chi connectivity index (χ0) is 20.2. The summed E-state index contributed by atoms with van der Waals surface area (Å²) in [6.07, 6.45) is -1.03. The summed E-state index contributed by atoms with van der Waals surface area (Å²) in [6, 6.07) is 12.8. The first-order chi connectivity index (χ1) is 12.6. The first-order valence-corrected chi connectivity index (χ1v) is 10.5. The highest BCUT2D eigenvalue weighted by Crippen LogP contribution is 2.29.